The Morgan fingerprint density at radius 3 is 2.52 bits per heavy atom. The first-order valence-corrected chi connectivity index (χ1v) is 8.53. The van der Waals surface area contributed by atoms with Gasteiger partial charge in [-0.05, 0) is 25.5 Å². The molecule has 0 radical (unpaired) electrons. The Bertz CT molecular complexity index is 750. The van der Waals surface area contributed by atoms with Gasteiger partial charge in [0.25, 0.3) is 0 Å². The number of carboxylic acid groups (broad SMARTS) is 1. The molecule has 2 heterocycles. The number of nitrogens with one attached hydrogen (secondary N) is 2. The van der Waals surface area contributed by atoms with Crippen LogP contribution in [0.15, 0.2) is 30.5 Å². The molecule has 132 valence electrons. The fourth-order valence-electron chi connectivity index (χ4n) is 3.20. The van der Waals surface area contributed by atoms with Gasteiger partial charge in [0.1, 0.15) is 0 Å². The Labute approximate surface area is 147 Å². The number of carbonyl (C=O) groups is 1. The maximum absolute atomic E-state index is 11.3. The van der Waals surface area contributed by atoms with Gasteiger partial charge in [0, 0.05) is 38.9 Å². The van der Waals surface area contributed by atoms with Crippen LogP contribution in [0.2, 0.25) is 0 Å². The molecule has 1 aliphatic heterocycles. The molecule has 0 amide bonds. The Morgan fingerprint density at radius 2 is 1.88 bits per heavy atom. The number of carboxylic acids is 1. The lowest BCUT2D eigenvalue weighted by atomic mass is 10.1. The van der Waals surface area contributed by atoms with Crippen molar-refractivity contribution in [2.24, 2.45) is 0 Å². The number of benzene rings is 1. The van der Waals surface area contributed by atoms with Crippen molar-refractivity contribution in [3.05, 3.63) is 52.7 Å². The third-order valence-corrected chi connectivity index (χ3v) is 4.29. The molecule has 0 atom stereocenters. The fraction of sp³-hybridized carbons (Fsp3) is 0.368. The molecule has 0 bridgehead atoms. The molecule has 0 aliphatic carbocycles. The average molecular weight is 340 g/mol. The standard InChI is InChI=1S/C19H24N4O2/c1-13-7-14(2)9-15(8-13)11-21-17-10-16(19(24)25)12-22-18(17)23-5-3-20-4-6-23/h7-10,12,20-21H,3-6,11H2,1-2H3,(H,24,25). The number of aromatic nitrogens is 1. The summed E-state index contributed by atoms with van der Waals surface area (Å²) in [7, 11) is 0. The summed E-state index contributed by atoms with van der Waals surface area (Å²) >= 11 is 0. The predicted octanol–water partition coefficient (Wildman–Crippen LogP) is 2.42. The number of pyridine rings is 1. The molecule has 1 aromatic heterocycles. The summed E-state index contributed by atoms with van der Waals surface area (Å²) in [6.07, 6.45) is 1.43. The number of aryl methyl sites for hydroxylation is 2. The third kappa shape index (κ3) is 4.28. The topological polar surface area (TPSA) is 77.5 Å². The lowest BCUT2D eigenvalue weighted by molar-refractivity contribution is 0.0696. The Kier molecular flexibility index (Phi) is 5.19. The fourth-order valence-corrected chi connectivity index (χ4v) is 3.20. The van der Waals surface area contributed by atoms with E-state index in [1.807, 2.05) is 0 Å². The number of aromatic carboxylic acids is 1. The number of nitrogens with zero attached hydrogens (tertiary/aromatic N) is 2. The molecule has 0 spiro atoms. The molecule has 3 rings (SSSR count). The SMILES string of the molecule is Cc1cc(C)cc(CNc2cc(C(=O)O)cnc2N2CCNCC2)c1. The van der Waals surface area contributed by atoms with E-state index in [2.05, 4.69) is 52.6 Å². The highest BCUT2D eigenvalue weighted by Gasteiger charge is 2.17. The van der Waals surface area contributed by atoms with Crippen molar-refractivity contribution in [3.8, 4) is 0 Å². The van der Waals surface area contributed by atoms with E-state index in [0.29, 0.717) is 6.54 Å². The lowest BCUT2D eigenvalue weighted by Gasteiger charge is -2.30. The van der Waals surface area contributed by atoms with Crippen molar-refractivity contribution >= 4 is 17.5 Å². The van der Waals surface area contributed by atoms with E-state index in [0.717, 1.165) is 37.7 Å². The minimum atomic E-state index is -0.964. The zero-order valence-electron chi connectivity index (χ0n) is 14.7. The molecule has 25 heavy (non-hydrogen) atoms. The van der Waals surface area contributed by atoms with E-state index in [1.165, 1.54) is 22.9 Å². The van der Waals surface area contributed by atoms with Gasteiger partial charge < -0.3 is 20.6 Å². The van der Waals surface area contributed by atoms with Crippen LogP contribution in [0.5, 0.6) is 0 Å². The molecule has 1 fully saturated rings. The number of piperazine rings is 1. The maximum Gasteiger partial charge on any atom is 0.337 e. The second kappa shape index (κ2) is 7.53. The van der Waals surface area contributed by atoms with Gasteiger partial charge in [0.15, 0.2) is 5.82 Å². The van der Waals surface area contributed by atoms with Crippen LogP contribution >= 0.6 is 0 Å². The maximum atomic E-state index is 11.3. The van der Waals surface area contributed by atoms with E-state index in [-0.39, 0.29) is 5.56 Å². The van der Waals surface area contributed by atoms with E-state index in [4.69, 9.17) is 0 Å². The van der Waals surface area contributed by atoms with Gasteiger partial charge in [0.05, 0.1) is 11.3 Å². The van der Waals surface area contributed by atoms with Gasteiger partial charge in [0.2, 0.25) is 0 Å². The predicted molar refractivity (Wildman–Crippen MR) is 99.5 cm³/mol. The summed E-state index contributed by atoms with van der Waals surface area (Å²) in [6.45, 7) is 8.31. The molecule has 0 unspecified atom stereocenters. The van der Waals surface area contributed by atoms with Gasteiger partial charge >= 0.3 is 5.97 Å². The first kappa shape index (κ1) is 17.2. The largest absolute Gasteiger partial charge is 0.478 e. The summed E-state index contributed by atoms with van der Waals surface area (Å²) in [5.41, 5.74) is 4.57. The van der Waals surface area contributed by atoms with Crippen molar-refractivity contribution in [2.45, 2.75) is 20.4 Å². The minimum Gasteiger partial charge on any atom is -0.478 e. The molecule has 0 saturated carbocycles. The average Bonchev–Trinajstić information content (AvgIpc) is 2.59. The van der Waals surface area contributed by atoms with Crippen molar-refractivity contribution in [1.82, 2.24) is 10.3 Å². The van der Waals surface area contributed by atoms with Gasteiger partial charge in [-0.15, -0.1) is 0 Å². The third-order valence-electron chi connectivity index (χ3n) is 4.29. The first-order chi connectivity index (χ1) is 12.0. The molecular formula is C19H24N4O2. The molecule has 2 aromatic rings. The van der Waals surface area contributed by atoms with Crippen LogP contribution in [0.1, 0.15) is 27.0 Å². The zero-order chi connectivity index (χ0) is 17.8. The molecule has 3 N–H and O–H groups in total. The second-order valence-electron chi connectivity index (χ2n) is 6.49. The van der Waals surface area contributed by atoms with Gasteiger partial charge in [-0.1, -0.05) is 29.3 Å². The van der Waals surface area contributed by atoms with Crippen LogP contribution in [0.4, 0.5) is 11.5 Å². The van der Waals surface area contributed by atoms with E-state index < -0.39 is 5.97 Å². The number of rotatable bonds is 5. The van der Waals surface area contributed by atoms with Gasteiger partial charge in [-0.3, -0.25) is 0 Å². The van der Waals surface area contributed by atoms with E-state index in [9.17, 15) is 9.90 Å². The lowest BCUT2D eigenvalue weighted by Crippen LogP contribution is -2.44. The highest BCUT2D eigenvalue weighted by Crippen LogP contribution is 2.26. The monoisotopic (exact) mass is 340 g/mol. The molecule has 1 aromatic carbocycles. The summed E-state index contributed by atoms with van der Waals surface area (Å²) in [5.74, 6) is -0.148. The number of hydrogen-bond donors (Lipinski definition) is 3. The van der Waals surface area contributed by atoms with Crippen molar-refractivity contribution in [1.29, 1.82) is 0 Å². The van der Waals surface area contributed by atoms with Crippen molar-refractivity contribution in [3.63, 3.8) is 0 Å². The number of anilines is 2. The van der Waals surface area contributed by atoms with Crippen LogP contribution in [0, 0.1) is 13.8 Å². The quantitative estimate of drug-likeness (QED) is 0.776. The smallest absolute Gasteiger partial charge is 0.337 e. The number of hydrogen-bond acceptors (Lipinski definition) is 5. The first-order valence-electron chi connectivity index (χ1n) is 8.53. The summed E-state index contributed by atoms with van der Waals surface area (Å²) in [6, 6.07) is 8.09. The van der Waals surface area contributed by atoms with Crippen LogP contribution in [-0.2, 0) is 6.54 Å². The molecule has 1 saturated heterocycles. The van der Waals surface area contributed by atoms with Crippen molar-refractivity contribution < 1.29 is 9.90 Å². The van der Waals surface area contributed by atoms with Crippen molar-refractivity contribution in [2.75, 3.05) is 36.4 Å². The summed E-state index contributed by atoms with van der Waals surface area (Å²) in [4.78, 5) is 17.9. The Balaban J connectivity index is 1.86. The van der Waals surface area contributed by atoms with Crippen LogP contribution in [0.25, 0.3) is 0 Å². The molecular weight excluding hydrogens is 316 g/mol. The Morgan fingerprint density at radius 1 is 1.20 bits per heavy atom. The minimum absolute atomic E-state index is 0.196. The zero-order valence-corrected chi connectivity index (χ0v) is 14.7. The molecule has 6 nitrogen and oxygen atoms in total. The van der Waals surface area contributed by atoms with Crippen LogP contribution < -0.4 is 15.5 Å². The van der Waals surface area contributed by atoms with E-state index in [1.54, 1.807) is 6.07 Å². The highest BCUT2D eigenvalue weighted by atomic mass is 16.4. The molecule has 1 aliphatic rings. The summed E-state index contributed by atoms with van der Waals surface area (Å²) in [5, 5.41) is 16.0. The van der Waals surface area contributed by atoms with E-state index >= 15 is 0 Å². The highest BCUT2D eigenvalue weighted by molar-refractivity contribution is 5.89. The normalized spacial score (nSPS) is 14.4. The van der Waals surface area contributed by atoms with Gasteiger partial charge in [-0.2, -0.15) is 0 Å². The Hall–Kier alpha value is -2.60. The molecule has 6 heteroatoms. The second-order valence-corrected chi connectivity index (χ2v) is 6.49. The van der Waals surface area contributed by atoms with Gasteiger partial charge in [-0.25, -0.2) is 9.78 Å². The van der Waals surface area contributed by atoms with Crippen LogP contribution in [0.3, 0.4) is 0 Å². The summed E-state index contributed by atoms with van der Waals surface area (Å²) < 4.78 is 0. The van der Waals surface area contributed by atoms with Crippen LogP contribution in [-0.4, -0.2) is 42.2 Å².